The molecule has 21 heavy (non-hydrogen) atoms. The Balaban J connectivity index is 2.03. The maximum Gasteiger partial charge on any atom is 0.188 e. The van der Waals surface area contributed by atoms with E-state index in [0.29, 0.717) is 12.5 Å². The Labute approximate surface area is 127 Å². The van der Waals surface area contributed by atoms with Crippen LogP contribution in [-0.4, -0.2) is 30.6 Å². The molecule has 1 aromatic rings. The third-order valence-corrected chi connectivity index (χ3v) is 3.76. The van der Waals surface area contributed by atoms with E-state index >= 15 is 0 Å². The number of aryl methyl sites for hydroxylation is 1. The fourth-order valence-corrected chi connectivity index (χ4v) is 2.52. The van der Waals surface area contributed by atoms with Crippen molar-refractivity contribution in [1.82, 2.24) is 10.3 Å². The molecule has 0 amide bonds. The van der Waals surface area contributed by atoms with Gasteiger partial charge in [0.05, 0.1) is 6.54 Å². The number of hydrogen-bond donors (Lipinski definition) is 2. The van der Waals surface area contributed by atoms with Crippen LogP contribution in [0.4, 0.5) is 5.82 Å². The van der Waals surface area contributed by atoms with Crippen LogP contribution in [0.3, 0.4) is 0 Å². The van der Waals surface area contributed by atoms with Gasteiger partial charge in [-0.25, -0.2) is 9.98 Å². The number of guanidine groups is 1. The zero-order chi connectivity index (χ0) is 15.1. The monoisotopic (exact) mass is 289 g/mol. The molecule has 2 heterocycles. The van der Waals surface area contributed by atoms with Crippen LogP contribution in [-0.2, 0) is 6.54 Å². The van der Waals surface area contributed by atoms with Gasteiger partial charge in [-0.2, -0.15) is 0 Å². The predicted octanol–water partition coefficient (Wildman–Crippen LogP) is 2.19. The molecule has 0 aliphatic carbocycles. The average molecular weight is 289 g/mol. The van der Waals surface area contributed by atoms with Crippen LogP contribution in [0.15, 0.2) is 17.1 Å². The van der Waals surface area contributed by atoms with Crippen LogP contribution in [0.5, 0.6) is 0 Å². The molecule has 0 saturated carbocycles. The van der Waals surface area contributed by atoms with E-state index in [1.807, 2.05) is 13.0 Å². The van der Waals surface area contributed by atoms with Crippen LogP contribution in [0.2, 0.25) is 0 Å². The van der Waals surface area contributed by atoms with Crippen molar-refractivity contribution in [3.8, 4) is 0 Å². The van der Waals surface area contributed by atoms with Gasteiger partial charge in [-0.05, 0) is 32.3 Å². The van der Waals surface area contributed by atoms with Crippen LogP contribution < -0.4 is 16.0 Å². The van der Waals surface area contributed by atoms with E-state index in [-0.39, 0.29) is 0 Å². The average Bonchev–Trinajstić information content (AvgIpc) is 3.00. The van der Waals surface area contributed by atoms with Gasteiger partial charge in [0, 0.05) is 30.9 Å². The first kappa shape index (κ1) is 15.6. The molecule has 3 N–H and O–H groups in total. The summed E-state index contributed by atoms with van der Waals surface area (Å²) < 4.78 is 0. The van der Waals surface area contributed by atoms with E-state index in [4.69, 9.17) is 10.7 Å². The summed E-state index contributed by atoms with van der Waals surface area (Å²) in [4.78, 5) is 11.5. The van der Waals surface area contributed by atoms with Crippen molar-refractivity contribution in [2.45, 2.75) is 46.1 Å². The number of nitrogens with one attached hydrogen (secondary N) is 1. The smallest absolute Gasteiger partial charge is 0.188 e. The molecule has 0 unspecified atom stereocenters. The molecule has 0 bridgehead atoms. The fourth-order valence-electron chi connectivity index (χ4n) is 2.52. The van der Waals surface area contributed by atoms with Gasteiger partial charge in [0.15, 0.2) is 5.96 Å². The summed E-state index contributed by atoms with van der Waals surface area (Å²) in [7, 11) is 0. The number of hydrogen-bond acceptors (Lipinski definition) is 3. The first-order chi connectivity index (χ1) is 10.2. The fraction of sp³-hybridized carbons (Fsp3) is 0.625. The largest absolute Gasteiger partial charge is 0.370 e. The Hall–Kier alpha value is -1.78. The third kappa shape index (κ3) is 4.62. The van der Waals surface area contributed by atoms with Crippen LogP contribution in [0, 0.1) is 6.92 Å². The lowest BCUT2D eigenvalue weighted by Gasteiger charge is -2.20. The van der Waals surface area contributed by atoms with Crippen LogP contribution in [0.1, 0.15) is 43.9 Å². The molecule has 1 aliphatic heterocycles. The quantitative estimate of drug-likeness (QED) is 0.478. The Bertz CT molecular complexity index is 478. The molecule has 1 fully saturated rings. The molecule has 5 nitrogen and oxygen atoms in total. The van der Waals surface area contributed by atoms with Crippen LogP contribution in [0.25, 0.3) is 0 Å². The highest BCUT2D eigenvalue weighted by Crippen LogP contribution is 2.23. The second-order valence-corrected chi connectivity index (χ2v) is 5.61. The maximum absolute atomic E-state index is 5.90. The van der Waals surface area contributed by atoms with Crippen LogP contribution >= 0.6 is 0 Å². The van der Waals surface area contributed by atoms with Gasteiger partial charge in [-0.15, -0.1) is 0 Å². The SMILES string of the molecule is CCCCNC(N)=NCc1ccc(C)nc1N1CCCC1. The molecular formula is C16H27N5. The number of nitrogens with zero attached hydrogens (tertiary/aromatic N) is 3. The lowest BCUT2D eigenvalue weighted by atomic mass is 10.2. The van der Waals surface area contributed by atoms with Crippen molar-refractivity contribution >= 4 is 11.8 Å². The van der Waals surface area contributed by atoms with Gasteiger partial charge in [0.25, 0.3) is 0 Å². The van der Waals surface area contributed by atoms with Gasteiger partial charge in [0.2, 0.25) is 0 Å². The van der Waals surface area contributed by atoms with E-state index < -0.39 is 0 Å². The molecular weight excluding hydrogens is 262 g/mol. The second kappa shape index (κ2) is 7.86. The highest BCUT2D eigenvalue weighted by Gasteiger charge is 2.17. The Morgan fingerprint density at radius 3 is 2.86 bits per heavy atom. The van der Waals surface area contributed by atoms with Gasteiger partial charge in [0.1, 0.15) is 5.82 Å². The molecule has 0 spiro atoms. The second-order valence-electron chi connectivity index (χ2n) is 5.61. The van der Waals surface area contributed by atoms with Gasteiger partial charge in [-0.1, -0.05) is 19.4 Å². The molecule has 0 atom stereocenters. The minimum atomic E-state index is 0.524. The van der Waals surface area contributed by atoms with E-state index in [1.165, 1.54) is 12.8 Å². The number of anilines is 1. The third-order valence-electron chi connectivity index (χ3n) is 3.76. The first-order valence-electron chi connectivity index (χ1n) is 7.96. The number of unbranched alkanes of at least 4 members (excludes halogenated alkanes) is 1. The summed E-state index contributed by atoms with van der Waals surface area (Å²) in [5, 5.41) is 3.15. The van der Waals surface area contributed by atoms with Crippen molar-refractivity contribution in [2.75, 3.05) is 24.5 Å². The summed E-state index contributed by atoms with van der Waals surface area (Å²) in [5.41, 5.74) is 8.11. The summed E-state index contributed by atoms with van der Waals surface area (Å²) >= 11 is 0. The first-order valence-corrected chi connectivity index (χ1v) is 7.96. The molecule has 1 aromatic heterocycles. The molecule has 5 heteroatoms. The lowest BCUT2D eigenvalue weighted by molar-refractivity contribution is 0.748. The van der Waals surface area contributed by atoms with E-state index in [0.717, 1.165) is 49.6 Å². The Morgan fingerprint density at radius 2 is 2.14 bits per heavy atom. The molecule has 0 aromatic carbocycles. The number of aromatic nitrogens is 1. The van der Waals surface area contributed by atoms with Crippen molar-refractivity contribution in [2.24, 2.45) is 10.7 Å². The Kier molecular flexibility index (Phi) is 5.84. The lowest BCUT2D eigenvalue weighted by Crippen LogP contribution is -2.32. The van der Waals surface area contributed by atoms with Crippen molar-refractivity contribution in [3.63, 3.8) is 0 Å². The van der Waals surface area contributed by atoms with E-state index in [2.05, 4.69) is 28.2 Å². The summed E-state index contributed by atoms with van der Waals surface area (Å²) in [6.45, 7) is 7.86. The van der Waals surface area contributed by atoms with Crippen molar-refractivity contribution in [1.29, 1.82) is 0 Å². The minimum Gasteiger partial charge on any atom is -0.370 e. The van der Waals surface area contributed by atoms with Crippen molar-refractivity contribution in [3.05, 3.63) is 23.4 Å². The topological polar surface area (TPSA) is 66.5 Å². The summed E-state index contributed by atoms with van der Waals surface area (Å²) in [6.07, 6.45) is 4.76. The maximum atomic E-state index is 5.90. The standard InChI is InChI=1S/C16H27N5/c1-3-4-9-18-16(17)19-12-14-8-7-13(2)20-15(14)21-10-5-6-11-21/h7-8H,3-6,9-12H2,1-2H3,(H3,17,18,19). The molecule has 2 rings (SSSR count). The highest BCUT2D eigenvalue weighted by atomic mass is 15.2. The number of rotatable bonds is 6. The molecule has 1 aliphatic rings. The van der Waals surface area contributed by atoms with E-state index in [1.54, 1.807) is 0 Å². The van der Waals surface area contributed by atoms with E-state index in [9.17, 15) is 0 Å². The number of nitrogens with two attached hydrogens (primary N) is 1. The Morgan fingerprint density at radius 1 is 1.38 bits per heavy atom. The molecule has 1 saturated heterocycles. The normalized spacial score (nSPS) is 15.5. The summed E-state index contributed by atoms with van der Waals surface area (Å²) in [5.74, 6) is 1.61. The van der Waals surface area contributed by atoms with Gasteiger partial charge >= 0.3 is 0 Å². The minimum absolute atomic E-state index is 0.524. The van der Waals surface area contributed by atoms with Gasteiger partial charge in [-0.3, -0.25) is 0 Å². The molecule has 116 valence electrons. The zero-order valence-corrected chi connectivity index (χ0v) is 13.2. The summed E-state index contributed by atoms with van der Waals surface area (Å²) in [6, 6.07) is 4.17. The number of aliphatic imine (C=N–C) groups is 1. The highest BCUT2D eigenvalue weighted by molar-refractivity contribution is 5.77. The molecule has 0 radical (unpaired) electrons. The van der Waals surface area contributed by atoms with Gasteiger partial charge < -0.3 is 16.0 Å². The zero-order valence-electron chi connectivity index (χ0n) is 13.2. The predicted molar refractivity (Wildman–Crippen MR) is 88.7 cm³/mol. The van der Waals surface area contributed by atoms with Crippen molar-refractivity contribution < 1.29 is 0 Å². The number of pyridine rings is 1.